The molecule has 0 fully saturated rings. The molecule has 21 heavy (non-hydrogen) atoms. The average Bonchev–Trinajstić information content (AvgIpc) is 2.88. The van der Waals surface area contributed by atoms with E-state index in [0.717, 1.165) is 16.5 Å². The molecule has 1 aromatic carbocycles. The molecule has 0 aliphatic heterocycles. The predicted octanol–water partition coefficient (Wildman–Crippen LogP) is 3.31. The van der Waals surface area contributed by atoms with Crippen molar-refractivity contribution >= 4 is 11.8 Å². The topological polar surface area (TPSA) is 43.6 Å². The summed E-state index contributed by atoms with van der Waals surface area (Å²) in [6.07, 6.45) is 3.44. The standard InChI is InChI=1S/C15H13FN4S/c1-20-14(11-6-8-17-9-7-11)18-19-15(20)21-10-12-4-2-3-5-13(12)16/h2-9H,10H2,1H3. The molecule has 0 bridgehead atoms. The molecule has 0 N–H and O–H groups in total. The summed E-state index contributed by atoms with van der Waals surface area (Å²) in [5.74, 6) is 1.10. The molecule has 0 unspecified atom stereocenters. The number of nitrogens with zero attached hydrogens (tertiary/aromatic N) is 4. The van der Waals surface area contributed by atoms with Crippen LogP contribution in [0.15, 0.2) is 53.9 Å². The van der Waals surface area contributed by atoms with Crippen molar-refractivity contribution in [2.75, 3.05) is 0 Å². The molecule has 2 heterocycles. The van der Waals surface area contributed by atoms with Gasteiger partial charge < -0.3 is 4.57 Å². The number of hydrogen-bond acceptors (Lipinski definition) is 4. The second kappa shape index (κ2) is 6.05. The van der Waals surface area contributed by atoms with E-state index in [2.05, 4.69) is 15.2 Å². The van der Waals surface area contributed by atoms with Crippen LogP contribution in [0.4, 0.5) is 4.39 Å². The van der Waals surface area contributed by atoms with E-state index in [9.17, 15) is 4.39 Å². The maximum Gasteiger partial charge on any atom is 0.191 e. The Bertz CT molecular complexity index is 742. The highest BCUT2D eigenvalue weighted by molar-refractivity contribution is 7.98. The smallest absolute Gasteiger partial charge is 0.191 e. The molecular weight excluding hydrogens is 287 g/mol. The molecule has 0 aliphatic carbocycles. The van der Waals surface area contributed by atoms with Crippen LogP contribution >= 0.6 is 11.8 Å². The molecule has 106 valence electrons. The summed E-state index contributed by atoms with van der Waals surface area (Å²) in [6.45, 7) is 0. The monoisotopic (exact) mass is 300 g/mol. The fourth-order valence-corrected chi connectivity index (χ4v) is 2.85. The Morgan fingerprint density at radius 2 is 1.86 bits per heavy atom. The van der Waals surface area contributed by atoms with Crippen molar-refractivity contribution in [3.8, 4) is 11.4 Å². The van der Waals surface area contributed by atoms with Crippen LogP contribution in [-0.2, 0) is 12.8 Å². The van der Waals surface area contributed by atoms with Crippen molar-refractivity contribution in [3.05, 3.63) is 60.2 Å². The first-order valence-corrected chi connectivity index (χ1v) is 7.40. The second-order valence-corrected chi connectivity index (χ2v) is 5.42. The lowest BCUT2D eigenvalue weighted by Gasteiger charge is -2.04. The Kier molecular flexibility index (Phi) is 3.96. The van der Waals surface area contributed by atoms with E-state index in [0.29, 0.717) is 11.3 Å². The van der Waals surface area contributed by atoms with Crippen LogP contribution in [0.2, 0.25) is 0 Å². The van der Waals surface area contributed by atoms with Gasteiger partial charge in [0.15, 0.2) is 11.0 Å². The molecular formula is C15H13FN4S. The number of hydrogen-bond donors (Lipinski definition) is 0. The van der Waals surface area contributed by atoms with Gasteiger partial charge in [0, 0.05) is 30.8 Å². The van der Waals surface area contributed by atoms with Crippen LogP contribution in [-0.4, -0.2) is 19.7 Å². The summed E-state index contributed by atoms with van der Waals surface area (Å²) in [5.41, 5.74) is 1.62. The van der Waals surface area contributed by atoms with Gasteiger partial charge in [-0.1, -0.05) is 30.0 Å². The SMILES string of the molecule is Cn1c(SCc2ccccc2F)nnc1-c1ccncc1. The number of thioether (sulfide) groups is 1. The number of halogens is 1. The van der Waals surface area contributed by atoms with Crippen LogP contribution in [0.5, 0.6) is 0 Å². The Morgan fingerprint density at radius 1 is 1.10 bits per heavy atom. The first kappa shape index (κ1) is 13.8. The zero-order valence-corrected chi connectivity index (χ0v) is 12.2. The van der Waals surface area contributed by atoms with Gasteiger partial charge in [0.05, 0.1) is 0 Å². The second-order valence-electron chi connectivity index (χ2n) is 4.48. The number of benzene rings is 1. The summed E-state index contributed by atoms with van der Waals surface area (Å²) < 4.78 is 15.5. The van der Waals surface area contributed by atoms with Gasteiger partial charge in [-0.05, 0) is 23.8 Å². The molecule has 0 saturated heterocycles. The van der Waals surface area contributed by atoms with E-state index in [-0.39, 0.29) is 5.82 Å². The molecule has 4 nitrogen and oxygen atoms in total. The van der Waals surface area contributed by atoms with Gasteiger partial charge >= 0.3 is 0 Å². The number of pyridine rings is 1. The lowest BCUT2D eigenvalue weighted by atomic mass is 10.2. The highest BCUT2D eigenvalue weighted by Gasteiger charge is 2.11. The summed E-state index contributed by atoms with van der Waals surface area (Å²) in [7, 11) is 1.90. The molecule has 0 spiro atoms. The Labute approximate surface area is 126 Å². The minimum absolute atomic E-state index is 0.193. The van der Waals surface area contributed by atoms with Crippen molar-refractivity contribution in [1.82, 2.24) is 19.7 Å². The normalized spacial score (nSPS) is 10.8. The van der Waals surface area contributed by atoms with Gasteiger partial charge in [-0.3, -0.25) is 4.98 Å². The van der Waals surface area contributed by atoms with E-state index in [4.69, 9.17) is 0 Å². The minimum Gasteiger partial charge on any atom is -0.305 e. The van der Waals surface area contributed by atoms with E-state index in [1.54, 1.807) is 24.5 Å². The van der Waals surface area contributed by atoms with Crippen LogP contribution < -0.4 is 0 Å². The maximum atomic E-state index is 13.6. The van der Waals surface area contributed by atoms with Crippen molar-refractivity contribution in [2.45, 2.75) is 10.9 Å². The largest absolute Gasteiger partial charge is 0.305 e. The van der Waals surface area contributed by atoms with Crippen LogP contribution in [0, 0.1) is 5.82 Å². The fourth-order valence-electron chi connectivity index (χ4n) is 1.95. The van der Waals surface area contributed by atoms with Gasteiger partial charge in [0.1, 0.15) is 5.82 Å². The van der Waals surface area contributed by atoms with E-state index < -0.39 is 0 Å². The summed E-state index contributed by atoms with van der Waals surface area (Å²) in [5, 5.41) is 9.12. The van der Waals surface area contributed by atoms with Crippen LogP contribution in [0.25, 0.3) is 11.4 Å². The van der Waals surface area contributed by atoms with Gasteiger partial charge in [-0.2, -0.15) is 0 Å². The van der Waals surface area contributed by atoms with E-state index >= 15 is 0 Å². The quantitative estimate of drug-likeness (QED) is 0.693. The third-order valence-corrected chi connectivity index (χ3v) is 4.16. The summed E-state index contributed by atoms with van der Waals surface area (Å²) >= 11 is 1.46. The van der Waals surface area contributed by atoms with E-state index in [1.165, 1.54) is 17.8 Å². The molecule has 6 heteroatoms. The molecule has 3 rings (SSSR count). The number of rotatable bonds is 4. The van der Waals surface area contributed by atoms with Gasteiger partial charge in [-0.15, -0.1) is 10.2 Å². The Hall–Kier alpha value is -2.21. The fraction of sp³-hybridized carbons (Fsp3) is 0.133. The Morgan fingerprint density at radius 3 is 2.62 bits per heavy atom. The summed E-state index contributed by atoms with van der Waals surface area (Å²) in [4.78, 5) is 3.99. The molecule has 0 aliphatic rings. The molecule has 0 saturated carbocycles. The first-order valence-electron chi connectivity index (χ1n) is 6.41. The predicted molar refractivity (Wildman–Crippen MR) is 80.2 cm³/mol. The molecule has 2 aromatic heterocycles. The Balaban J connectivity index is 1.79. The van der Waals surface area contributed by atoms with Crippen LogP contribution in [0.1, 0.15) is 5.56 Å². The highest BCUT2D eigenvalue weighted by Crippen LogP contribution is 2.25. The van der Waals surface area contributed by atoms with Crippen LogP contribution in [0.3, 0.4) is 0 Å². The first-order chi connectivity index (χ1) is 10.3. The minimum atomic E-state index is -0.193. The highest BCUT2D eigenvalue weighted by atomic mass is 32.2. The molecule has 0 atom stereocenters. The van der Waals surface area contributed by atoms with E-state index in [1.807, 2.05) is 29.8 Å². The average molecular weight is 300 g/mol. The summed E-state index contributed by atoms with van der Waals surface area (Å²) in [6, 6.07) is 10.5. The van der Waals surface area contributed by atoms with Crippen molar-refractivity contribution in [1.29, 1.82) is 0 Å². The third-order valence-electron chi connectivity index (χ3n) is 3.09. The maximum absolute atomic E-state index is 13.6. The molecule has 3 aromatic rings. The zero-order chi connectivity index (χ0) is 14.7. The molecule has 0 amide bonds. The molecule has 0 radical (unpaired) electrons. The van der Waals surface area contributed by atoms with Crippen molar-refractivity contribution in [3.63, 3.8) is 0 Å². The van der Waals surface area contributed by atoms with Gasteiger partial charge in [0.25, 0.3) is 0 Å². The lowest BCUT2D eigenvalue weighted by molar-refractivity contribution is 0.617. The van der Waals surface area contributed by atoms with Gasteiger partial charge in [0.2, 0.25) is 0 Å². The van der Waals surface area contributed by atoms with Crippen molar-refractivity contribution < 1.29 is 4.39 Å². The lowest BCUT2D eigenvalue weighted by Crippen LogP contribution is -1.95. The zero-order valence-electron chi connectivity index (χ0n) is 11.4. The van der Waals surface area contributed by atoms with Gasteiger partial charge in [-0.25, -0.2) is 4.39 Å². The third kappa shape index (κ3) is 2.95. The van der Waals surface area contributed by atoms with Crippen molar-refractivity contribution in [2.24, 2.45) is 7.05 Å². The number of aromatic nitrogens is 4.